The topological polar surface area (TPSA) is 93.4 Å². The van der Waals surface area contributed by atoms with Crippen LogP contribution in [-0.4, -0.2) is 28.1 Å². The molecule has 2 aliphatic rings. The van der Waals surface area contributed by atoms with Gasteiger partial charge in [0, 0.05) is 12.6 Å². The lowest BCUT2D eigenvalue weighted by Gasteiger charge is -2.14. The Bertz CT molecular complexity index is 580. The summed E-state index contributed by atoms with van der Waals surface area (Å²) >= 11 is 0. The van der Waals surface area contributed by atoms with Crippen LogP contribution in [0.2, 0.25) is 0 Å². The maximum Gasteiger partial charge on any atom is 0.300 e. The standard InChI is InChI=1S/C11H9N3O4/c15-9-8-3-7(14(17)18)4-12-10(8)13(11(9)16)5-6-1-2-6/h3-4,6H,1-2,5H2. The fraction of sp³-hybridized carbons (Fsp3) is 0.364. The molecule has 0 bridgehead atoms. The Morgan fingerprint density at radius 2 is 2.17 bits per heavy atom. The molecular weight excluding hydrogens is 238 g/mol. The Hall–Kier alpha value is -2.31. The second kappa shape index (κ2) is 3.59. The van der Waals surface area contributed by atoms with Crippen LogP contribution in [-0.2, 0) is 4.79 Å². The van der Waals surface area contributed by atoms with Gasteiger partial charge in [0.15, 0.2) is 0 Å². The number of ketones is 1. The molecule has 18 heavy (non-hydrogen) atoms. The zero-order valence-corrected chi connectivity index (χ0v) is 9.33. The molecule has 1 amide bonds. The van der Waals surface area contributed by atoms with Gasteiger partial charge in [-0.3, -0.25) is 24.6 Å². The van der Waals surface area contributed by atoms with E-state index < -0.39 is 16.6 Å². The monoisotopic (exact) mass is 247 g/mol. The average molecular weight is 247 g/mol. The predicted molar refractivity (Wildman–Crippen MR) is 60.3 cm³/mol. The van der Waals surface area contributed by atoms with Gasteiger partial charge in [-0.1, -0.05) is 0 Å². The molecule has 1 aliphatic heterocycles. The number of hydrogen-bond acceptors (Lipinski definition) is 5. The van der Waals surface area contributed by atoms with Gasteiger partial charge < -0.3 is 0 Å². The minimum atomic E-state index is -0.707. The number of aromatic nitrogens is 1. The quantitative estimate of drug-likeness (QED) is 0.450. The summed E-state index contributed by atoms with van der Waals surface area (Å²) in [6.07, 6.45) is 3.16. The number of carbonyl (C=O) groups is 2. The summed E-state index contributed by atoms with van der Waals surface area (Å²) in [5, 5.41) is 10.6. The van der Waals surface area contributed by atoms with Crippen molar-refractivity contribution in [3.63, 3.8) is 0 Å². The number of amides is 1. The predicted octanol–water partition coefficient (Wildman–Crippen LogP) is 0.929. The second-order valence-corrected chi connectivity index (χ2v) is 4.51. The highest BCUT2D eigenvalue weighted by atomic mass is 16.6. The van der Waals surface area contributed by atoms with E-state index >= 15 is 0 Å². The number of rotatable bonds is 3. The van der Waals surface area contributed by atoms with Gasteiger partial charge in [0.05, 0.1) is 10.5 Å². The van der Waals surface area contributed by atoms with Gasteiger partial charge in [0.25, 0.3) is 11.5 Å². The lowest BCUT2D eigenvalue weighted by atomic mass is 10.2. The van der Waals surface area contributed by atoms with Gasteiger partial charge in [-0.2, -0.15) is 0 Å². The Morgan fingerprint density at radius 1 is 1.44 bits per heavy atom. The van der Waals surface area contributed by atoms with Gasteiger partial charge in [0.2, 0.25) is 0 Å². The highest BCUT2D eigenvalue weighted by molar-refractivity contribution is 6.52. The number of fused-ring (bicyclic) bond motifs is 1. The van der Waals surface area contributed by atoms with Crippen molar-refractivity contribution < 1.29 is 14.5 Å². The number of pyridine rings is 1. The molecule has 2 heterocycles. The van der Waals surface area contributed by atoms with Crippen LogP contribution in [0.1, 0.15) is 23.2 Å². The molecule has 1 aromatic heterocycles. The van der Waals surface area contributed by atoms with Crippen molar-refractivity contribution in [2.24, 2.45) is 5.92 Å². The summed E-state index contributed by atoms with van der Waals surface area (Å²) in [6.45, 7) is 0.475. The van der Waals surface area contributed by atoms with Crippen LogP contribution in [0.3, 0.4) is 0 Å². The summed E-state index contributed by atoms with van der Waals surface area (Å²) in [7, 11) is 0. The summed E-state index contributed by atoms with van der Waals surface area (Å²) in [4.78, 5) is 38.7. The smallest absolute Gasteiger partial charge is 0.289 e. The number of anilines is 1. The van der Waals surface area contributed by atoms with Crippen LogP contribution >= 0.6 is 0 Å². The van der Waals surface area contributed by atoms with Crippen molar-refractivity contribution in [2.45, 2.75) is 12.8 Å². The minimum Gasteiger partial charge on any atom is -0.289 e. The molecule has 92 valence electrons. The van der Waals surface area contributed by atoms with Crippen molar-refractivity contribution in [1.82, 2.24) is 4.98 Å². The van der Waals surface area contributed by atoms with Gasteiger partial charge in [-0.15, -0.1) is 0 Å². The highest BCUT2D eigenvalue weighted by Gasteiger charge is 2.40. The first-order chi connectivity index (χ1) is 8.58. The van der Waals surface area contributed by atoms with Gasteiger partial charge in [-0.25, -0.2) is 4.98 Å². The van der Waals surface area contributed by atoms with E-state index in [1.54, 1.807) is 0 Å². The third-order valence-corrected chi connectivity index (χ3v) is 3.14. The minimum absolute atomic E-state index is 0.0369. The van der Waals surface area contributed by atoms with E-state index in [9.17, 15) is 19.7 Å². The van der Waals surface area contributed by atoms with Crippen LogP contribution in [0, 0.1) is 16.0 Å². The fourth-order valence-electron chi connectivity index (χ4n) is 1.99. The van der Waals surface area contributed by atoms with E-state index in [0.29, 0.717) is 12.5 Å². The van der Waals surface area contributed by atoms with Crippen molar-refractivity contribution in [3.05, 3.63) is 27.9 Å². The molecule has 1 saturated carbocycles. The Morgan fingerprint density at radius 3 is 2.78 bits per heavy atom. The molecule has 7 nitrogen and oxygen atoms in total. The highest BCUT2D eigenvalue weighted by Crippen LogP contribution is 2.35. The van der Waals surface area contributed by atoms with Crippen LogP contribution in [0.25, 0.3) is 0 Å². The molecule has 3 rings (SSSR count). The molecule has 1 fully saturated rings. The summed E-state index contributed by atoms with van der Waals surface area (Å²) in [5.41, 5.74) is -0.238. The Labute approximate surface area is 102 Å². The first-order valence-corrected chi connectivity index (χ1v) is 5.58. The maximum atomic E-state index is 11.8. The number of Topliss-reactive ketones (excluding diaryl/α,β-unsaturated/α-hetero) is 1. The largest absolute Gasteiger partial charge is 0.300 e. The third kappa shape index (κ3) is 1.55. The van der Waals surface area contributed by atoms with Gasteiger partial charge >= 0.3 is 5.91 Å². The Balaban J connectivity index is 2.02. The van der Waals surface area contributed by atoms with Gasteiger partial charge in [-0.05, 0) is 18.8 Å². The summed E-state index contributed by atoms with van der Waals surface area (Å²) in [5.74, 6) is -0.668. The zero-order chi connectivity index (χ0) is 12.9. The van der Waals surface area contributed by atoms with E-state index in [1.165, 1.54) is 4.90 Å². The lowest BCUT2D eigenvalue weighted by Crippen LogP contribution is -2.31. The van der Waals surface area contributed by atoms with E-state index in [2.05, 4.69) is 4.98 Å². The molecule has 1 aromatic rings. The zero-order valence-electron chi connectivity index (χ0n) is 9.33. The average Bonchev–Trinajstić information content (AvgIpc) is 3.13. The second-order valence-electron chi connectivity index (χ2n) is 4.51. The molecule has 0 unspecified atom stereocenters. The van der Waals surface area contributed by atoms with Gasteiger partial charge in [0.1, 0.15) is 12.0 Å². The van der Waals surface area contributed by atoms with Crippen LogP contribution in [0.5, 0.6) is 0 Å². The van der Waals surface area contributed by atoms with Crippen LogP contribution in [0.4, 0.5) is 11.5 Å². The number of hydrogen-bond donors (Lipinski definition) is 0. The first-order valence-electron chi connectivity index (χ1n) is 5.58. The maximum absolute atomic E-state index is 11.8. The van der Waals surface area contributed by atoms with Crippen molar-refractivity contribution in [2.75, 3.05) is 11.4 Å². The summed E-state index contributed by atoms with van der Waals surface area (Å²) < 4.78 is 0. The van der Waals surface area contributed by atoms with E-state index in [4.69, 9.17) is 0 Å². The molecule has 1 aliphatic carbocycles. The normalized spacial score (nSPS) is 18.1. The molecular formula is C11H9N3O4. The molecule has 0 N–H and O–H groups in total. The lowest BCUT2D eigenvalue weighted by molar-refractivity contribution is -0.385. The molecule has 0 aromatic carbocycles. The number of carbonyl (C=O) groups excluding carboxylic acids is 2. The molecule has 0 radical (unpaired) electrons. The van der Waals surface area contributed by atoms with Crippen LogP contribution in [0.15, 0.2) is 12.3 Å². The number of nitro groups is 1. The van der Waals surface area contributed by atoms with E-state index in [-0.39, 0.29) is 17.1 Å². The van der Waals surface area contributed by atoms with Crippen molar-refractivity contribution >= 4 is 23.2 Å². The number of nitrogens with zero attached hydrogens (tertiary/aromatic N) is 3. The molecule has 0 saturated heterocycles. The van der Waals surface area contributed by atoms with Crippen molar-refractivity contribution in [1.29, 1.82) is 0 Å². The first kappa shape index (κ1) is 10.8. The Kier molecular flexibility index (Phi) is 2.16. The SMILES string of the molecule is O=C1C(=O)N(CC2CC2)c2ncc([N+](=O)[O-])cc21. The van der Waals surface area contributed by atoms with Crippen molar-refractivity contribution in [3.8, 4) is 0 Å². The third-order valence-electron chi connectivity index (χ3n) is 3.14. The van der Waals surface area contributed by atoms with E-state index in [0.717, 1.165) is 25.1 Å². The van der Waals surface area contributed by atoms with E-state index in [1.807, 2.05) is 0 Å². The van der Waals surface area contributed by atoms with Crippen LogP contribution < -0.4 is 4.90 Å². The summed E-state index contributed by atoms with van der Waals surface area (Å²) in [6, 6.07) is 1.12. The molecule has 0 spiro atoms. The fourth-order valence-corrected chi connectivity index (χ4v) is 1.99. The molecule has 7 heteroatoms. The molecule has 0 atom stereocenters.